The van der Waals surface area contributed by atoms with Gasteiger partial charge in [-0.3, -0.25) is 4.79 Å². The van der Waals surface area contributed by atoms with Gasteiger partial charge in [0.25, 0.3) is 0 Å². The maximum Gasteiger partial charge on any atom is 0.319 e. The van der Waals surface area contributed by atoms with Crippen LogP contribution in [0.1, 0.15) is 37.7 Å². The first-order valence-corrected chi connectivity index (χ1v) is 10.5. The lowest BCUT2D eigenvalue weighted by molar-refractivity contribution is -0.120. The van der Waals surface area contributed by atoms with Crippen molar-refractivity contribution in [1.82, 2.24) is 25.1 Å². The fraction of sp³-hybridized carbons (Fsp3) is 0.318. The van der Waals surface area contributed by atoms with Crippen LogP contribution in [0.2, 0.25) is 0 Å². The molecule has 0 bridgehead atoms. The van der Waals surface area contributed by atoms with Crippen LogP contribution in [0.5, 0.6) is 0 Å². The molecule has 2 heterocycles. The molecule has 10 heteroatoms. The van der Waals surface area contributed by atoms with E-state index in [1.54, 1.807) is 12.3 Å². The van der Waals surface area contributed by atoms with Crippen LogP contribution >= 0.6 is 0 Å². The zero-order valence-corrected chi connectivity index (χ0v) is 17.4. The van der Waals surface area contributed by atoms with E-state index in [4.69, 9.17) is 0 Å². The van der Waals surface area contributed by atoms with Gasteiger partial charge in [-0.2, -0.15) is 5.10 Å². The molecule has 1 fully saturated rings. The number of halogens is 1. The highest BCUT2D eigenvalue weighted by Crippen LogP contribution is 2.26. The van der Waals surface area contributed by atoms with Crippen LogP contribution in [0.15, 0.2) is 49.2 Å². The summed E-state index contributed by atoms with van der Waals surface area (Å²) in [5, 5.41) is 12.1. The Labute approximate surface area is 184 Å². The zero-order valence-electron chi connectivity index (χ0n) is 17.4. The maximum atomic E-state index is 14.2. The number of carbonyl (C=O) groups excluding carboxylic acids is 2. The molecule has 3 N–H and O–H groups in total. The lowest BCUT2D eigenvalue weighted by Crippen LogP contribution is -2.29. The first kappa shape index (κ1) is 21.4. The molecule has 32 heavy (non-hydrogen) atoms. The second-order valence-electron chi connectivity index (χ2n) is 7.65. The third-order valence-corrected chi connectivity index (χ3v) is 5.40. The van der Waals surface area contributed by atoms with Crippen molar-refractivity contribution in [2.75, 3.05) is 10.6 Å². The van der Waals surface area contributed by atoms with Gasteiger partial charge in [-0.1, -0.05) is 25.3 Å². The van der Waals surface area contributed by atoms with E-state index in [0.29, 0.717) is 11.5 Å². The fourth-order valence-corrected chi connectivity index (χ4v) is 3.74. The summed E-state index contributed by atoms with van der Waals surface area (Å²) in [5.41, 5.74) is 1.16. The summed E-state index contributed by atoms with van der Waals surface area (Å²) in [5.74, 6) is -0.267. The Morgan fingerprint density at radius 1 is 1.12 bits per heavy atom. The molecule has 1 aromatic carbocycles. The molecular formula is C22H24FN7O2. The number of amides is 3. The quantitative estimate of drug-likeness (QED) is 0.545. The number of hydrogen-bond acceptors (Lipinski definition) is 5. The van der Waals surface area contributed by atoms with E-state index >= 15 is 0 Å². The summed E-state index contributed by atoms with van der Waals surface area (Å²) < 4.78 is 15.7. The first-order valence-electron chi connectivity index (χ1n) is 10.5. The van der Waals surface area contributed by atoms with Gasteiger partial charge < -0.3 is 16.0 Å². The summed E-state index contributed by atoms with van der Waals surface area (Å²) in [7, 11) is 0. The SMILES string of the molecule is O=C(NCc1cccnc1-n1cncn1)Nc1ccc(F)c(NC(=O)C2CCCCC2)c1. The fourth-order valence-electron chi connectivity index (χ4n) is 3.74. The Balaban J connectivity index is 1.37. The third kappa shape index (κ3) is 5.26. The maximum absolute atomic E-state index is 14.2. The number of pyridine rings is 1. The second kappa shape index (κ2) is 9.99. The number of aromatic nitrogens is 4. The van der Waals surface area contributed by atoms with Gasteiger partial charge in [0.1, 0.15) is 18.5 Å². The minimum Gasteiger partial charge on any atom is -0.334 e. The Hall–Kier alpha value is -3.82. The molecule has 0 saturated heterocycles. The average molecular weight is 437 g/mol. The van der Waals surface area contributed by atoms with Gasteiger partial charge in [0.2, 0.25) is 5.91 Å². The second-order valence-corrected chi connectivity index (χ2v) is 7.65. The molecule has 1 aliphatic rings. The lowest BCUT2D eigenvalue weighted by atomic mass is 9.88. The van der Waals surface area contributed by atoms with Gasteiger partial charge >= 0.3 is 6.03 Å². The number of benzene rings is 1. The number of hydrogen-bond donors (Lipinski definition) is 3. The molecule has 166 valence electrons. The van der Waals surface area contributed by atoms with E-state index in [-0.39, 0.29) is 24.1 Å². The molecule has 0 aliphatic heterocycles. The number of rotatable bonds is 6. The first-order chi connectivity index (χ1) is 15.6. The van der Waals surface area contributed by atoms with Crippen LogP contribution < -0.4 is 16.0 Å². The van der Waals surface area contributed by atoms with E-state index in [0.717, 1.165) is 37.7 Å². The molecule has 4 rings (SSSR count). The van der Waals surface area contributed by atoms with Gasteiger partial charge in [0, 0.05) is 29.9 Å². The van der Waals surface area contributed by atoms with Crippen LogP contribution in [0.4, 0.5) is 20.6 Å². The number of nitrogens with zero attached hydrogens (tertiary/aromatic N) is 4. The minimum atomic E-state index is -0.548. The van der Waals surface area contributed by atoms with Crippen LogP contribution in [-0.4, -0.2) is 31.7 Å². The lowest BCUT2D eigenvalue weighted by Gasteiger charge is -2.21. The number of anilines is 2. The molecule has 0 radical (unpaired) electrons. The Bertz CT molecular complexity index is 1080. The van der Waals surface area contributed by atoms with Crippen molar-refractivity contribution in [3.8, 4) is 5.82 Å². The van der Waals surface area contributed by atoms with Crippen LogP contribution in [0.25, 0.3) is 5.82 Å². The van der Waals surface area contributed by atoms with E-state index in [2.05, 4.69) is 31.0 Å². The largest absolute Gasteiger partial charge is 0.334 e. The molecule has 0 atom stereocenters. The summed E-state index contributed by atoms with van der Waals surface area (Å²) in [6.07, 6.45) is 9.34. The van der Waals surface area contributed by atoms with E-state index in [1.165, 1.54) is 35.5 Å². The van der Waals surface area contributed by atoms with Crippen molar-refractivity contribution in [3.63, 3.8) is 0 Å². The molecule has 0 spiro atoms. The molecule has 3 aromatic rings. The van der Waals surface area contributed by atoms with Gasteiger partial charge in [0.05, 0.1) is 5.69 Å². The summed E-state index contributed by atoms with van der Waals surface area (Å²) >= 11 is 0. The van der Waals surface area contributed by atoms with E-state index in [9.17, 15) is 14.0 Å². The van der Waals surface area contributed by atoms with Crippen molar-refractivity contribution in [1.29, 1.82) is 0 Å². The van der Waals surface area contributed by atoms with Gasteiger partial charge in [-0.05, 0) is 37.1 Å². The average Bonchev–Trinajstić information content (AvgIpc) is 3.35. The van der Waals surface area contributed by atoms with Crippen molar-refractivity contribution >= 4 is 23.3 Å². The Morgan fingerprint density at radius 3 is 2.75 bits per heavy atom. The predicted octanol–water partition coefficient (Wildman–Crippen LogP) is 3.64. The van der Waals surface area contributed by atoms with E-state index in [1.807, 2.05) is 6.07 Å². The molecule has 3 amide bonds. The zero-order chi connectivity index (χ0) is 22.3. The molecule has 9 nitrogen and oxygen atoms in total. The number of nitrogens with one attached hydrogen (secondary N) is 3. The highest BCUT2D eigenvalue weighted by Gasteiger charge is 2.22. The number of carbonyl (C=O) groups is 2. The summed E-state index contributed by atoms with van der Waals surface area (Å²) in [4.78, 5) is 33.0. The summed E-state index contributed by atoms with van der Waals surface area (Å²) in [6, 6.07) is 7.18. The normalized spacial score (nSPS) is 14.0. The smallest absolute Gasteiger partial charge is 0.319 e. The highest BCUT2D eigenvalue weighted by molar-refractivity contribution is 5.94. The standard InChI is InChI=1S/C22H24FN7O2/c23-18-9-8-17(11-19(18)29-21(31)15-5-2-1-3-6-15)28-22(32)26-12-16-7-4-10-25-20(16)30-14-24-13-27-30/h4,7-11,13-15H,1-3,5-6,12H2,(H,29,31)(H2,26,28,32). The third-order valence-electron chi connectivity index (χ3n) is 5.40. The summed E-state index contributed by atoms with van der Waals surface area (Å²) in [6.45, 7) is 0.196. The van der Waals surface area contributed by atoms with Crippen molar-refractivity contribution in [3.05, 3.63) is 60.6 Å². The van der Waals surface area contributed by atoms with Gasteiger partial charge in [-0.25, -0.2) is 23.8 Å². The van der Waals surface area contributed by atoms with Gasteiger partial charge in [0.15, 0.2) is 5.82 Å². The monoisotopic (exact) mass is 437 g/mol. The Kier molecular flexibility index (Phi) is 6.69. The molecular weight excluding hydrogens is 413 g/mol. The van der Waals surface area contributed by atoms with Gasteiger partial charge in [-0.15, -0.1) is 0 Å². The molecule has 2 aromatic heterocycles. The molecule has 1 aliphatic carbocycles. The van der Waals surface area contributed by atoms with Crippen molar-refractivity contribution < 1.29 is 14.0 Å². The van der Waals surface area contributed by atoms with Crippen LogP contribution in [0, 0.1) is 11.7 Å². The van der Waals surface area contributed by atoms with Crippen LogP contribution in [-0.2, 0) is 11.3 Å². The van der Waals surface area contributed by atoms with E-state index < -0.39 is 11.8 Å². The van der Waals surface area contributed by atoms with Crippen molar-refractivity contribution in [2.45, 2.75) is 38.6 Å². The molecule has 1 saturated carbocycles. The predicted molar refractivity (Wildman–Crippen MR) is 117 cm³/mol. The Morgan fingerprint density at radius 2 is 1.97 bits per heavy atom. The number of urea groups is 1. The van der Waals surface area contributed by atoms with Crippen LogP contribution in [0.3, 0.4) is 0 Å². The highest BCUT2D eigenvalue weighted by atomic mass is 19.1. The van der Waals surface area contributed by atoms with Crippen molar-refractivity contribution in [2.24, 2.45) is 5.92 Å². The topological polar surface area (TPSA) is 114 Å². The minimum absolute atomic E-state index is 0.0547. The molecule has 0 unspecified atom stereocenters.